The van der Waals surface area contributed by atoms with Gasteiger partial charge in [0.15, 0.2) is 0 Å². The normalized spacial score (nSPS) is 9.82. The second-order valence-electron chi connectivity index (χ2n) is 3.80. The van der Waals surface area contributed by atoms with Gasteiger partial charge < -0.3 is 10.2 Å². The van der Waals surface area contributed by atoms with Gasteiger partial charge in [0.05, 0.1) is 6.54 Å². The molecule has 0 bridgehead atoms. The number of hydrogen-bond acceptors (Lipinski definition) is 2. The molecule has 0 spiro atoms. The van der Waals surface area contributed by atoms with E-state index in [1.54, 1.807) is 13.1 Å². The number of aryl methyl sites for hydroxylation is 1. The van der Waals surface area contributed by atoms with E-state index in [1.165, 1.54) is 4.90 Å². The molecule has 0 aliphatic rings. The van der Waals surface area contributed by atoms with Crippen LogP contribution >= 0.6 is 11.6 Å². The molecule has 5 heteroatoms. The summed E-state index contributed by atoms with van der Waals surface area (Å²) in [5.41, 5.74) is 1.79. The van der Waals surface area contributed by atoms with Crippen molar-refractivity contribution in [3.8, 4) is 0 Å². The number of likely N-dealkylation sites (N-methyl/N-ethyl adjacent to an activating group) is 1. The van der Waals surface area contributed by atoms with E-state index in [0.717, 1.165) is 11.3 Å². The van der Waals surface area contributed by atoms with Gasteiger partial charge in [0, 0.05) is 12.7 Å². The fourth-order valence-electron chi connectivity index (χ4n) is 1.33. The molecule has 2 amide bonds. The van der Waals surface area contributed by atoms with Crippen LogP contribution in [-0.4, -0.2) is 36.2 Å². The van der Waals surface area contributed by atoms with Crippen molar-refractivity contribution in [2.45, 2.75) is 6.92 Å². The predicted octanol–water partition coefficient (Wildman–Crippen LogP) is 1.63. The number of alkyl halides is 1. The Labute approximate surface area is 106 Å². The average Bonchev–Trinajstić information content (AvgIpc) is 2.27. The molecule has 1 aromatic rings. The Kier molecular flexibility index (Phi) is 4.97. The summed E-state index contributed by atoms with van der Waals surface area (Å²) in [7, 11) is 1.54. The maximum absolute atomic E-state index is 11.6. The maximum atomic E-state index is 11.6. The van der Waals surface area contributed by atoms with Gasteiger partial charge in [0.2, 0.25) is 11.8 Å². The fraction of sp³-hybridized carbons (Fsp3) is 0.333. The summed E-state index contributed by atoms with van der Waals surface area (Å²) in [6.07, 6.45) is 0. The van der Waals surface area contributed by atoms with Gasteiger partial charge in [-0.05, 0) is 24.6 Å². The standard InChI is InChI=1S/C12H15ClN2O2/c1-9-4-3-5-10(6-9)14-11(16)8-15(2)12(17)7-13/h3-6H,7-8H2,1-2H3,(H,14,16). The number of rotatable bonds is 4. The minimum atomic E-state index is -0.272. The van der Waals surface area contributed by atoms with Crippen LogP contribution in [0.3, 0.4) is 0 Å². The Morgan fingerprint density at radius 1 is 1.41 bits per heavy atom. The molecule has 0 saturated heterocycles. The monoisotopic (exact) mass is 254 g/mol. The Hall–Kier alpha value is -1.55. The Bertz CT molecular complexity index is 421. The Balaban J connectivity index is 2.53. The lowest BCUT2D eigenvalue weighted by Gasteiger charge is -2.15. The SMILES string of the molecule is Cc1cccc(NC(=O)CN(C)C(=O)CCl)c1. The quantitative estimate of drug-likeness (QED) is 0.831. The van der Waals surface area contributed by atoms with E-state index in [9.17, 15) is 9.59 Å². The molecule has 0 heterocycles. The third-order valence-corrected chi connectivity index (χ3v) is 2.45. The zero-order valence-corrected chi connectivity index (χ0v) is 10.6. The van der Waals surface area contributed by atoms with Crippen molar-refractivity contribution in [2.24, 2.45) is 0 Å². The van der Waals surface area contributed by atoms with E-state index in [1.807, 2.05) is 25.1 Å². The van der Waals surface area contributed by atoms with Crippen LogP contribution in [0.25, 0.3) is 0 Å². The lowest BCUT2D eigenvalue weighted by molar-refractivity contribution is -0.131. The van der Waals surface area contributed by atoms with Gasteiger partial charge in [0.1, 0.15) is 5.88 Å². The number of nitrogens with one attached hydrogen (secondary N) is 1. The van der Waals surface area contributed by atoms with E-state index in [2.05, 4.69) is 5.32 Å². The van der Waals surface area contributed by atoms with Gasteiger partial charge in [-0.3, -0.25) is 9.59 Å². The lowest BCUT2D eigenvalue weighted by atomic mass is 10.2. The largest absolute Gasteiger partial charge is 0.335 e. The molecule has 0 radical (unpaired) electrons. The number of nitrogens with zero attached hydrogens (tertiary/aromatic N) is 1. The molecule has 0 aliphatic heterocycles. The first-order valence-corrected chi connectivity index (χ1v) is 5.73. The Morgan fingerprint density at radius 2 is 2.12 bits per heavy atom. The number of carbonyl (C=O) groups excluding carboxylic acids is 2. The number of halogens is 1. The number of amides is 2. The van der Waals surface area contributed by atoms with Gasteiger partial charge in [-0.15, -0.1) is 11.6 Å². The summed E-state index contributed by atoms with van der Waals surface area (Å²) in [5, 5.41) is 2.72. The molecule has 17 heavy (non-hydrogen) atoms. The van der Waals surface area contributed by atoms with Crippen molar-refractivity contribution < 1.29 is 9.59 Å². The third kappa shape index (κ3) is 4.44. The fourth-order valence-corrected chi connectivity index (χ4v) is 1.53. The maximum Gasteiger partial charge on any atom is 0.243 e. The van der Waals surface area contributed by atoms with Crippen LogP contribution in [-0.2, 0) is 9.59 Å². The molecule has 4 nitrogen and oxygen atoms in total. The van der Waals surface area contributed by atoms with Crippen LogP contribution in [0, 0.1) is 6.92 Å². The van der Waals surface area contributed by atoms with Crippen LogP contribution in [0.15, 0.2) is 24.3 Å². The molecular formula is C12H15ClN2O2. The summed E-state index contributed by atoms with van der Waals surface area (Å²) >= 11 is 5.39. The Morgan fingerprint density at radius 3 is 2.71 bits per heavy atom. The van der Waals surface area contributed by atoms with E-state index in [-0.39, 0.29) is 24.2 Å². The van der Waals surface area contributed by atoms with E-state index >= 15 is 0 Å². The van der Waals surface area contributed by atoms with Crippen LogP contribution in [0.5, 0.6) is 0 Å². The summed E-state index contributed by atoms with van der Waals surface area (Å²) < 4.78 is 0. The number of benzene rings is 1. The minimum Gasteiger partial charge on any atom is -0.335 e. The molecule has 0 aromatic heterocycles. The molecule has 0 saturated carbocycles. The van der Waals surface area contributed by atoms with Crippen molar-refractivity contribution in [1.82, 2.24) is 4.90 Å². The number of carbonyl (C=O) groups is 2. The summed E-state index contributed by atoms with van der Waals surface area (Å²) in [5.74, 6) is -0.628. The van der Waals surface area contributed by atoms with Gasteiger partial charge >= 0.3 is 0 Å². The highest BCUT2D eigenvalue weighted by atomic mass is 35.5. The summed E-state index contributed by atoms with van der Waals surface area (Å²) in [4.78, 5) is 24.1. The highest BCUT2D eigenvalue weighted by molar-refractivity contribution is 6.27. The molecule has 0 fully saturated rings. The summed E-state index contributed by atoms with van der Waals surface area (Å²) in [6, 6.07) is 7.47. The molecule has 0 aliphatic carbocycles. The first kappa shape index (κ1) is 13.5. The van der Waals surface area contributed by atoms with Crippen LogP contribution in [0.1, 0.15) is 5.56 Å². The number of anilines is 1. The zero-order chi connectivity index (χ0) is 12.8. The van der Waals surface area contributed by atoms with Crippen molar-refractivity contribution in [2.75, 3.05) is 24.8 Å². The van der Waals surface area contributed by atoms with Crippen LogP contribution in [0.4, 0.5) is 5.69 Å². The smallest absolute Gasteiger partial charge is 0.243 e. The molecular weight excluding hydrogens is 240 g/mol. The van der Waals surface area contributed by atoms with Gasteiger partial charge in [-0.1, -0.05) is 12.1 Å². The van der Waals surface area contributed by atoms with E-state index in [0.29, 0.717) is 0 Å². The molecule has 0 atom stereocenters. The van der Waals surface area contributed by atoms with Gasteiger partial charge in [-0.25, -0.2) is 0 Å². The summed E-state index contributed by atoms with van der Waals surface area (Å²) in [6.45, 7) is 1.94. The van der Waals surface area contributed by atoms with E-state index < -0.39 is 0 Å². The van der Waals surface area contributed by atoms with Crippen LogP contribution in [0.2, 0.25) is 0 Å². The van der Waals surface area contributed by atoms with Crippen molar-refractivity contribution in [3.63, 3.8) is 0 Å². The first-order chi connectivity index (χ1) is 8.02. The topological polar surface area (TPSA) is 49.4 Å². The molecule has 1 N–H and O–H groups in total. The molecule has 1 rings (SSSR count). The number of hydrogen-bond donors (Lipinski definition) is 1. The minimum absolute atomic E-state index is 0.000501. The van der Waals surface area contributed by atoms with E-state index in [4.69, 9.17) is 11.6 Å². The van der Waals surface area contributed by atoms with Crippen molar-refractivity contribution >= 4 is 29.1 Å². The highest BCUT2D eigenvalue weighted by Gasteiger charge is 2.11. The molecule has 0 unspecified atom stereocenters. The third-order valence-electron chi connectivity index (χ3n) is 2.22. The lowest BCUT2D eigenvalue weighted by Crippen LogP contribution is -2.35. The molecule has 92 valence electrons. The highest BCUT2D eigenvalue weighted by Crippen LogP contribution is 2.09. The van der Waals surface area contributed by atoms with Crippen molar-refractivity contribution in [1.29, 1.82) is 0 Å². The van der Waals surface area contributed by atoms with Crippen LogP contribution < -0.4 is 5.32 Å². The average molecular weight is 255 g/mol. The predicted molar refractivity (Wildman–Crippen MR) is 68.2 cm³/mol. The second kappa shape index (κ2) is 6.25. The van der Waals surface area contributed by atoms with Gasteiger partial charge in [0.25, 0.3) is 0 Å². The van der Waals surface area contributed by atoms with Gasteiger partial charge in [-0.2, -0.15) is 0 Å². The second-order valence-corrected chi connectivity index (χ2v) is 4.07. The molecule has 1 aromatic carbocycles. The first-order valence-electron chi connectivity index (χ1n) is 5.19. The zero-order valence-electron chi connectivity index (χ0n) is 9.87. The van der Waals surface area contributed by atoms with Crippen molar-refractivity contribution in [3.05, 3.63) is 29.8 Å².